The summed E-state index contributed by atoms with van der Waals surface area (Å²) in [6.07, 6.45) is 1.31. The number of hydrogen-bond donors (Lipinski definition) is 2. The van der Waals surface area contributed by atoms with Gasteiger partial charge in [-0.05, 0) is 43.3 Å². The van der Waals surface area contributed by atoms with Gasteiger partial charge in [0.1, 0.15) is 17.3 Å². The molecule has 1 atom stereocenters. The number of aryl methyl sites for hydroxylation is 1. The van der Waals surface area contributed by atoms with Crippen molar-refractivity contribution in [2.24, 2.45) is 0 Å². The summed E-state index contributed by atoms with van der Waals surface area (Å²) in [6, 6.07) is 8.81. The molecule has 1 aromatic heterocycles. The zero-order valence-corrected chi connectivity index (χ0v) is 12.5. The Kier molecular flexibility index (Phi) is 5.74. The minimum Gasteiger partial charge on any atom is -0.481 e. The number of carbonyl (C=O) groups is 2. The lowest BCUT2D eigenvalue weighted by Crippen LogP contribution is -2.47. The number of benzene rings is 1. The molecule has 6 nitrogen and oxygen atoms in total. The van der Waals surface area contributed by atoms with E-state index in [1.807, 2.05) is 0 Å². The van der Waals surface area contributed by atoms with E-state index in [2.05, 4.69) is 10.9 Å². The molecule has 1 heterocycles. The van der Waals surface area contributed by atoms with Crippen LogP contribution in [0, 0.1) is 5.82 Å². The number of hydrogen-bond acceptors (Lipinski definition) is 4. The van der Waals surface area contributed by atoms with Crippen LogP contribution < -0.4 is 15.6 Å². The molecule has 0 spiro atoms. The number of ether oxygens (including phenoxy) is 1. The predicted molar refractivity (Wildman–Crippen MR) is 79.8 cm³/mol. The Morgan fingerprint density at radius 1 is 1.22 bits per heavy atom. The number of carbonyl (C=O) groups excluding carboxylic acids is 2. The molecule has 0 saturated heterocycles. The zero-order chi connectivity index (χ0) is 16.7. The van der Waals surface area contributed by atoms with Gasteiger partial charge in [0, 0.05) is 12.8 Å². The van der Waals surface area contributed by atoms with Gasteiger partial charge in [0.25, 0.3) is 5.91 Å². The average molecular weight is 320 g/mol. The van der Waals surface area contributed by atoms with Crippen molar-refractivity contribution in [3.05, 3.63) is 54.2 Å². The molecule has 0 aliphatic rings. The van der Waals surface area contributed by atoms with Gasteiger partial charge in [-0.25, -0.2) is 4.39 Å². The lowest BCUT2D eigenvalue weighted by Gasteiger charge is -2.15. The third-order valence-electron chi connectivity index (χ3n) is 3.00. The maximum atomic E-state index is 12.8. The van der Waals surface area contributed by atoms with Gasteiger partial charge in [0.15, 0.2) is 6.10 Å². The van der Waals surface area contributed by atoms with Crippen LogP contribution in [-0.4, -0.2) is 17.9 Å². The monoisotopic (exact) mass is 320 g/mol. The number of amides is 2. The fourth-order valence-corrected chi connectivity index (χ4v) is 1.76. The fraction of sp³-hybridized carbons (Fsp3) is 0.250. The van der Waals surface area contributed by atoms with E-state index in [-0.39, 0.29) is 12.3 Å². The highest BCUT2D eigenvalue weighted by Crippen LogP contribution is 2.12. The summed E-state index contributed by atoms with van der Waals surface area (Å²) in [6.45, 7) is 1.52. The van der Waals surface area contributed by atoms with E-state index in [0.29, 0.717) is 17.9 Å². The minimum atomic E-state index is -0.842. The molecular weight excluding hydrogens is 303 g/mol. The molecule has 0 radical (unpaired) electrons. The standard InChI is InChI=1S/C16H17FN2O4/c1-11(23-14-6-4-12(17)5-7-14)16(21)19-18-15(20)9-8-13-3-2-10-22-13/h2-7,10-11H,8-9H2,1H3,(H,18,20)(H,19,21)/t11-/m0/s1. The Balaban J connectivity index is 1.70. The second-order valence-corrected chi connectivity index (χ2v) is 4.83. The van der Waals surface area contributed by atoms with Crippen LogP contribution >= 0.6 is 0 Å². The van der Waals surface area contributed by atoms with Gasteiger partial charge >= 0.3 is 0 Å². The first-order valence-electron chi connectivity index (χ1n) is 7.08. The second-order valence-electron chi connectivity index (χ2n) is 4.83. The highest BCUT2D eigenvalue weighted by atomic mass is 19.1. The van der Waals surface area contributed by atoms with E-state index in [9.17, 15) is 14.0 Å². The first kappa shape index (κ1) is 16.5. The fourth-order valence-electron chi connectivity index (χ4n) is 1.76. The normalized spacial score (nSPS) is 11.6. The number of nitrogens with one attached hydrogen (secondary N) is 2. The van der Waals surface area contributed by atoms with Crippen LogP contribution in [0.1, 0.15) is 19.1 Å². The number of rotatable bonds is 6. The molecule has 2 N–H and O–H groups in total. The Labute approximate surface area is 132 Å². The van der Waals surface area contributed by atoms with Crippen molar-refractivity contribution < 1.29 is 23.1 Å². The first-order valence-corrected chi connectivity index (χ1v) is 7.08. The summed E-state index contributed by atoms with van der Waals surface area (Å²) < 4.78 is 23.2. The van der Waals surface area contributed by atoms with Crippen LogP contribution in [-0.2, 0) is 16.0 Å². The van der Waals surface area contributed by atoms with Crippen LogP contribution in [0.5, 0.6) is 5.75 Å². The quantitative estimate of drug-likeness (QED) is 0.797. The molecule has 0 aliphatic carbocycles. The van der Waals surface area contributed by atoms with Crippen LogP contribution in [0.4, 0.5) is 4.39 Å². The summed E-state index contributed by atoms with van der Waals surface area (Å²) in [5.41, 5.74) is 4.58. The molecular formula is C16H17FN2O4. The van der Waals surface area contributed by atoms with Crippen LogP contribution in [0.2, 0.25) is 0 Å². The van der Waals surface area contributed by atoms with Gasteiger partial charge in [-0.15, -0.1) is 0 Å². The van der Waals surface area contributed by atoms with E-state index in [1.54, 1.807) is 12.1 Å². The van der Waals surface area contributed by atoms with E-state index in [1.165, 1.54) is 37.5 Å². The van der Waals surface area contributed by atoms with E-state index < -0.39 is 17.8 Å². The van der Waals surface area contributed by atoms with Crippen molar-refractivity contribution in [3.63, 3.8) is 0 Å². The van der Waals surface area contributed by atoms with Crippen molar-refractivity contribution in [3.8, 4) is 5.75 Å². The Morgan fingerprint density at radius 2 is 1.96 bits per heavy atom. The smallest absolute Gasteiger partial charge is 0.279 e. The molecule has 122 valence electrons. The van der Waals surface area contributed by atoms with Gasteiger partial charge in [-0.2, -0.15) is 0 Å². The average Bonchev–Trinajstić information content (AvgIpc) is 3.06. The highest BCUT2D eigenvalue weighted by Gasteiger charge is 2.15. The lowest BCUT2D eigenvalue weighted by molar-refractivity contribution is -0.132. The molecule has 7 heteroatoms. The van der Waals surface area contributed by atoms with Gasteiger partial charge in [-0.1, -0.05) is 0 Å². The molecule has 0 aliphatic heterocycles. The molecule has 2 aromatic rings. The van der Waals surface area contributed by atoms with Crippen LogP contribution in [0.25, 0.3) is 0 Å². The molecule has 0 unspecified atom stereocenters. The summed E-state index contributed by atoms with van der Waals surface area (Å²) in [4.78, 5) is 23.4. The van der Waals surface area contributed by atoms with Crippen molar-refractivity contribution in [1.29, 1.82) is 0 Å². The van der Waals surface area contributed by atoms with Gasteiger partial charge in [-0.3, -0.25) is 20.4 Å². The highest BCUT2D eigenvalue weighted by molar-refractivity contribution is 5.84. The van der Waals surface area contributed by atoms with Crippen molar-refractivity contribution >= 4 is 11.8 Å². The zero-order valence-electron chi connectivity index (χ0n) is 12.5. The van der Waals surface area contributed by atoms with Crippen molar-refractivity contribution in [1.82, 2.24) is 10.9 Å². The second kappa shape index (κ2) is 7.98. The van der Waals surface area contributed by atoms with E-state index in [4.69, 9.17) is 9.15 Å². The molecule has 0 bridgehead atoms. The van der Waals surface area contributed by atoms with E-state index in [0.717, 1.165) is 0 Å². The SMILES string of the molecule is C[C@H](Oc1ccc(F)cc1)C(=O)NNC(=O)CCc1ccco1. The molecule has 0 fully saturated rings. The van der Waals surface area contributed by atoms with Crippen molar-refractivity contribution in [2.75, 3.05) is 0 Å². The van der Waals surface area contributed by atoms with Gasteiger partial charge in [0.05, 0.1) is 6.26 Å². The summed E-state index contributed by atoms with van der Waals surface area (Å²) in [5, 5.41) is 0. The number of hydrazine groups is 1. The number of halogens is 1. The lowest BCUT2D eigenvalue weighted by atomic mass is 10.2. The largest absolute Gasteiger partial charge is 0.481 e. The third kappa shape index (κ3) is 5.46. The van der Waals surface area contributed by atoms with E-state index >= 15 is 0 Å². The predicted octanol–water partition coefficient (Wildman–Crippen LogP) is 1.97. The maximum Gasteiger partial charge on any atom is 0.279 e. The van der Waals surface area contributed by atoms with Gasteiger partial charge in [0.2, 0.25) is 5.91 Å². The van der Waals surface area contributed by atoms with Gasteiger partial charge < -0.3 is 9.15 Å². The van der Waals surface area contributed by atoms with Crippen LogP contribution in [0.15, 0.2) is 47.1 Å². The minimum absolute atomic E-state index is 0.182. The third-order valence-corrected chi connectivity index (χ3v) is 3.00. The summed E-state index contributed by atoms with van der Waals surface area (Å²) in [5.74, 6) is -0.194. The molecule has 2 rings (SSSR count). The Morgan fingerprint density at radius 3 is 2.61 bits per heavy atom. The summed E-state index contributed by atoms with van der Waals surface area (Å²) in [7, 11) is 0. The topological polar surface area (TPSA) is 80.6 Å². The number of furan rings is 1. The Bertz CT molecular complexity index is 641. The summed E-state index contributed by atoms with van der Waals surface area (Å²) >= 11 is 0. The van der Waals surface area contributed by atoms with Crippen molar-refractivity contribution in [2.45, 2.75) is 25.9 Å². The van der Waals surface area contributed by atoms with Crippen LogP contribution in [0.3, 0.4) is 0 Å². The first-order chi connectivity index (χ1) is 11.0. The Hall–Kier alpha value is -2.83. The molecule has 2 amide bonds. The molecule has 23 heavy (non-hydrogen) atoms. The molecule has 1 aromatic carbocycles. The molecule has 0 saturated carbocycles. The maximum absolute atomic E-state index is 12.8.